The smallest absolute Gasteiger partial charge is 0.323 e. The third kappa shape index (κ3) is 13.5. The van der Waals surface area contributed by atoms with Crippen molar-refractivity contribution in [3.8, 4) is 34.1 Å². The largest absolute Gasteiger partial charge is 0.488 e. The zero-order valence-electron chi connectivity index (χ0n) is 38.4. The Morgan fingerprint density at radius 1 is 0.514 bits per heavy atom. The van der Waals surface area contributed by atoms with Gasteiger partial charge in [0.1, 0.15) is 84.8 Å². The molecule has 0 saturated carbocycles. The van der Waals surface area contributed by atoms with Crippen LogP contribution in [0.4, 0.5) is 17.6 Å². The number of benzene rings is 6. The molecule has 0 bridgehead atoms. The van der Waals surface area contributed by atoms with Crippen molar-refractivity contribution in [3.05, 3.63) is 175 Å². The van der Waals surface area contributed by atoms with E-state index >= 15 is 0 Å². The lowest BCUT2D eigenvalue weighted by molar-refractivity contribution is -0.145. The van der Waals surface area contributed by atoms with Crippen molar-refractivity contribution in [3.63, 3.8) is 0 Å². The summed E-state index contributed by atoms with van der Waals surface area (Å²) in [6.45, 7) is 2.16. The summed E-state index contributed by atoms with van der Waals surface area (Å²) in [6.07, 6.45) is 0. The maximum atomic E-state index is 14.0. The fourth-order valence-corrected chi connectivity index (χ4v) is 8.23. The molecule has 0 aromatic heterocycles. The third-order valence-corrected chi connectivity index (χ3v) is 12.2. The van der Waals surface area contributed by atoms with Crippen molar-refractivity contribution in [1.29, 1.82) is 0 Å². The molecule has 0 spiro atoms. The predicted octanol–water partition coefficient (Wildman–Crippen LogP) is 9.90. The van der Waals surface area contributed by atoms with Gasteiger partial charge in [-0.3, -0.25) is 19.4 Å². The van der Waals surface area contributed by atoms with Crippen molar-refractivity contribution in [2.24, 2.45) is 0 Å². The molecule has 18 heteroatoms. The van der Waals surface area contributed by atoms with Crippen LogP contribution < -0.4 is 18.9 Å². The number of aliphatic hydroxyl groups excluding tert-OH is 2. The van der Waals surface area contributed by atoms with Gasteiger partial charge in [-0.05, 0) is 109 Å². The SMILES string of the molecule is Cc1c(COc2cc(OCc3cc(F)cc(F)c3)c(CN(C)C(CO)C(=O)O)cc2Cl)cccc1-c1cccc(COc2cc(OCc3cc(F)cc(F)c3)c(CN(C)C(CO)C(=O)O)cc2Cl)c1C. The fraction of sp³-hybridized carbons (Fsp3) is 0.269. The Hall–Kier alpha value is -6.40. The number of carboxylic acids is 2. The Balaban J connectivity index is 1.22. The van der Waals surface area contributed by atoms with Crippen molar-refractivity contribution in [2.75, 3.05) is 27.3 Å². The van der Waals surface area contributed by atoms with Crippen molar-refractivity contribution in [1.82, 2.24) is 9.80 Å². The molecular formula is C52H50Cl2F4N2O10. The summed E-state index contributed by atoms with van der Waals surface area (Å²) < 4.78 is 80.7. The van der Waals surface area contributed by atoms with Crippen LogP contribution in [-0.2, 0) is 49.1 Å². The highest BCUT2D eigenvalue weighted by Gasteiger charge is 2.26. The maximum Gasteiger partial charge on any atom is 0.323 e. The van der Waals surface area contributed by atoms with Gasteiger partial charge in [0.2, 0.25) is 0 Å². The molecule has 0 saturated heterocycles. The minimum atomic E-state index is -1.24. The van der Waals surface area contributed by atoms with E-state index in [2.05, 4.69) is 0 Å². The second-order valence-corrected chi connectivity index (χ2v) is 17.4. The number of aliphatic carboxylic acids is 2. The minimum absolute atomic E-state index is 0.0223. The number of halogens is 6. The number of rotatable bonds is 23. The van der Waals surface area contributed by atoms with E-state index in [0.29, 0.717) is 11.1 Å². The van der Waals surface area contributed by atoms with Crippen LogP contribution in [0.5, 0.6) is 23.0 Å². The number of carbonyl (C=O) groups is 2. The molecular weight excluding hydrogens is 959 g/mol. The van der Waals surface area contributed by atoms with E-state index < -0.39 is 60.5 Å². The van der Waals surface area contributed by atoms with Crippen LogP contribution in [0.15, 0.2) is 97.1 Å². The van der Waals surface area contributed by atoms with Crippen LogP contribution in [0.2, 0.25) is 10.0 Å². The molecule has 370 valence electrons. The van der Waals surface area contributed by atoms with Gasteiger partial charge < -0.3 is 39.4 Å². The van der Waals surface area contributed by atoms with Gasteiger partial charge in [0.25, 0.3) is 0 Å². The standard InChI is InChI=1S/C52H50Cl2F4N2O10/c1-29-33(27-69-49-19-47(67-25-31-11-37(55)17-38(56)12-31)35(15-43(49)53)21-59(3)45(23-61)51(63)64)7-5-9-41(29)42-10-6-8-34(30(42)2)28-70-50-20-48(68-26-32-13-39(57)18-40(58)14-32)36(16-44(50)54)22-60(4)46(24-62)52(65)66/h5-20,45-46,61-62H,21-28H2,1-4H3,(H,63,64)(H,65,66). The Morgan fingerprint density at radius 3 is 1.19 bits per heavy atom. The summed E-state index contributed by atoms with van der Waals surface area (Å²) in [5, 5.41) is 39.0. The number of ether oxygens (including phenoxy) is 4. The molecule has 0 radical (unpaired) electrons. The number of hydrogen-bond acceptors (Lipinski definition) is 10. The zero-order chi connectivity index (χ0) is 50.8. The van der Waals surface area contributed by atoms with E-state index in [0.717, 1.165) is 69.8 Å². The lowest BCUT2D eigenvalue weighted by Crippen LogP contribution is -2.40. The minimum Gasteiger partial charge on any atom is -0.488 e. The van der Waals surface area contributed by atoms with Gasteiger partial charge in [-0.2, -0.15) is 0 Å². The molecule has 4 N–H and O–H groups in total. The van der Waals surface area contributed by atoms with E-state index in [1.165, 1.54) is 36.0 Å². The van der Waals surface area contributed by atoms with E-state index in [4.69, 9.17) is 42.1 Å². The Morgan fingerprint density at radius 2 is 0.857 bits per heavy atom. The van der Waals surface area contributed by atoms with E-state index in [1.54, 1.807) is 12.1 Å². The number of aliphatic hydroxyl groups is 2. The quantitative estimate of drug-likeness (QED) is 0.0451. The van der Waals surface area contributed by atoms with Crippen molar-refractivity contribution in [2.45, 2.75) is 65.4 Å². The molecule has 0 aliphatic rings. The highest BCUT2D eigenvalue weighted by atomic mass is 35.5. The molecule has 0 fully saturated rings. The highest BCUT2D eigenvalue weighted by molar-refractivity contribution is 6.32. The van der Waals surface area contributed by atoms with E-state index in [-0.39, 0.29) is 83.7 Å². The van der Waals surface area contributed by atoms with E-state index in [1.807, 2.05) is 50.2 Å². The van der Waals surface area contributed by atoms with Crippen LogP contribution in [0, 0.1) is 37.1 Å². The topological polar surface area (TPSA) is 158 Å². The summed E-state index contributed by atoms with van der Waals surface area (Å²) in [7, 11) is 3.01. The van der Waals surface area contributed by atoms with Crippen LogP contribution in [0.3, 0.4) is 0 Å². The summed E-state index contributed by atoms with van der Waals surface area (Å²) >= 11 is 13.5. The molecule has 0 amide bonds. The predicted molar refractivity (Wildman–Crippen MR) is 254 cm³/mol. The number of hydrogen-bond donors (Lipinski definition) is 4. The molecule has 0 aliphatic carbocycles. The summed E-state index contributed by atoms with van der Waals surface area (Å²) in [4.78, 5) is 26.4. The average molecular weight is 1010 g/mol. The summed E-state index contributed by atoms with van der Waals surface area (Å²) in [5.41, 5.74) is 6.46. The molecule has 2 unspecified atom stereocenters. The molecule has 12 nitrogen and oxygen atoms in total. The zero-order valence-corrected chi connectivity index (χ0v) is 40.0. The first-order valence-electron chi connectivity index (χ1n) is 21.7. The number of nitrogens with zero attached hydrogens (tertiary/aromatic N) is 2. The molecule has 6 rings (SSSR count). The first kappa shape index (κ1) is 53.0. The Labute approximate surface area is 411 Å². The first-order valence-corrected chi connectivity index (χ1v) is 22.4. The van der Waals surface area contributed by atoms with Crippen LogP contribution in [0.25, 0.3) is 11.1 Å². The lowest BCUT2D eigenvalue weighted by Gasteiger charge is -2.24. The molecule has 2 atom stereocenters. The van der Waals surface area contributed by atoms with Crippen LogP contribution in [0.1, 0.15) is 44.5 Å². The van der Waals surface area contributed by atoms with Crippen molar-refractivity contribution < 1.29 is 66.5 Å². The van der Waals surface area contributed by atoms with Crippen molar-refractivity contribution >= 4 is 35.1 Å². The molecule has 70 heavy (non-hydrogen) atoms. The third-order valence-electron chi connectivity index (χ3n) is 11.6. The van der Waals surface area contributed by atoms with Gasteiger partial charge in [-0.1, -0.05) is 59.6 Å². The summed E-state index contributed by atoms with van der Waals surface area (Å²) in [6, 6.07) is 21.2. The monoisotopic (exact) mass is 1010 g/mol. The van der Waals surface area contributed by atoms with Gasteiger partial charge in [0.05, 0.1) is 23.3 Å². The second kappa shape index (κ2) is 23.9. The second-order valence-electron chi connectivity index (χ2n) is 16.6. The molecule has 6 aromatic rings. The highest BCUT2D eigenvalue weighted by Crippen LogP contribution is 2.38. The van der Waals surface area contributed by atoms with Gasteiger partial charge in [-0.15, -0.1) is 0 Å². The van der Waals surface area contributed by atoms with Gasteiger partial charge in [0.15, 0.2) is 0 Å². The normalized spacial score (nSPS) is 12.3. The molecule has 6 aromatic carbocycles. The van der Waals surface area contributed by atoms with E-state index in [9.17, 15) is 47.6 Å². The molecule has 0 aliphatic heterocycles. The van der Waals surface area contributed by atoms with Gasteiger partial charge in [-0.25, -0.2) is 17.6 Å². The van der Waals surface area contributed by atoms with Crippen LogP contribution >= 0.6 is 23.2 Å². The Kier molecular flexibility index (Phi) is 18.1. The molecule has 0 heterocycles. The summed E-state index contributed by atoms with van der Waals surface area (Å²) in [5.74, 6) is -4.77. The van der Waals surface area contributed by atoms with Gasteiger partial charge in [0, 0.05) is 48.5 Å². The fourth-order valence-electron chi connectivity index (χ4n) is 7.74. The maximum absolute atomic E-state index is 14.0. The average Bonchev–Trinajstić information content (AvgIpc) is 3.28. The first-order chi connectivity index (χ1) is 33.3. The lowest BCUT2D eigenvalue weighted by atomic mass is 9.92. The Bertz CT molecular complexity index is 2620. The van der Waals surface area contributed by atoms with Gasteiger partial charge >= 0.3 is 11.9 Å². The number of carboxylic acid groups (broad SMARTS) is 2. The number of likely N-dealkylation sites (N-methyl/N-ethyl adjacent to an activating group) is 2. The van der Waals surface area contributed by atoms with Crippen LogP contribution in [-0.4, -0.2) is 81.6 Å².